The van der Waals surface area contributed by atoms with E-state index >= 15 is 0 Å². The van der Waals surface area contributed by atoms with Crippen molar-refractivity contribution in [2.45, 2.75) is 19.4 Å². The lowest BCUT2D eigenvalue weighted by atomic mass is 10.1. The van der Waals surface area contributed by atoms with Crippen molar-refractivity contribution in [2.75, 3.05) is 5.32 Å². The zero-order chi connectivity index (χ0) is 15.9. The molecule has 2 aromatic carbocycles. The maximum atomic E-state index is 12.0. The van der Waals surface area contributed by atoms with Crippen LogP contribution in [0.4, 0.5) is 5.69 Å². The number of halogens is 1. The van der Waals surface area contributed by atoms with Crippen LogP contribution in [0.25, 0.3) is 0 Å². The molecular weight excluding hydrogens is 393 g/mol. The van der Waals surface area contributed by atoms with E-state index in [2.05, 4.69) is 27.9 Å². The smallest absolute Gasteiger partial charge is 0.224 e. The summed E-state index contributed by atoms with van der Waals surface area (Å²) in [6.07, 6.45) is 0.306. The molecular formula is C17H16INO3. The minimum absolute atomic E-state index is 0.0457. The average molecular weight is 409 g/mol. The van der Waals surface area contributed by atoms with Crippen LogP contribution < -0.4 is 5.32 Å². The van der Waals surface area contributed by atoms with E-state index in [1.165, 1.54) is 0 Å². The predicted octanol–water partition coefficient (Wildman–Crippen LogP) is 3.39. The van der Waals surface area contributed by atoms with E-state index in [1.54, 1.807) is 36.4 Å². The number of carbonyl (C=O) groups excluding carboxylic acids is 2. The van der Waals surface area contributed by atoms with Gasteiger partial charge in [-0.3, -0.25) is 9.59 Å². The Hall–Kier alpha value is -1.73. The van der Waals surface area contributed by atoms with Crippen molar-refractivity contribution >= 4 is 40.0 Å². The summed E-state index contributed by atoms with van der Waals surface area (Å²) in [5.41, 5.74) is 1.97. The lowest BCUT2D eigenvalue weighted by molar-refractivity contribution is -0.116. The first kappa shape index (κ1) is 16.6. The predicted molar refractivity (Wildman–Crippen MR) is 93.7 cm³/mol. The number of nitrogens with one attached hydrogen (secondary N) is 1. The number of ketones is 1. The second-order valence-electron chi connectivity index (χ2n) is 4.84. The average Bonchev–Trinajstić information content (AvgIpc) is 2.53. The van der Waals surface area contributed by atoms with Gasteiger partial charge in [0.15, 0.2) is 5.78 Å². The fourth-order valence-corrected chi connectivity index (χ4v) is 2.34. The highest BCUT2D eigenvalue weighted by molar-refractivity contribution is 14.1. The summed E-state index contributed by atoms with van der Waals surface area (Å²) in [4.78, 5) is 23.9. The summed E-state index contributed by atoms with van der Waals surface area (Å²) in [5, 5.41) is 11.8. The molecule has 114 valence electrons. The van der Waals surface area contributed by atoms with Gasteiger partial charge in [0.1, 0.15) is 0 Å². The summed E-state index contributed by atoms with van der Waals surface area (Å²) in [7, 11) is 0. The molecule has 2 rings (SSSR count). The molecule has 22 heavy (non-hydrogen) atoms. The minimum Gasteiger partial charge on any atom is -0.392 e. The van der Waals surface area contributed by atoms with Crippen molar-refractivity contribution in [1.29, 1.82) is 0 Å². The Kier molecular flexibility index (Phi) is 6.09. The maximum Gasteiger partial charge on any atom is 0.224 e. The van der Waals surface area contributed by atoms with Crippen LogP contribution in [0.3, 0.4) is 0 Å². The van der Waals surface area contributed by atoms with Gasteiger partial charge in [0, 0.05) is 27.7 Å². The van der Waals surface area contributed by atoms with Gasteiger partial charge in [-0.15, -0.1) is 0 Å². The molecule has 0 radical (unpaired) electrons. The zero-order valence-corrected chi connectivity index (χ0v) is 14.0. The molecule has 0 spiro atoms. The molecule has 0 aliphatic carbocycles. The second-order valence-corrected chi connectivity index (χ2v) is 6.08. The molecule has 0 bridgehead atoms. The molecule has 2 aromatic rings. The molecule has 0 aliphatic heterocycles. The number of benzene rings is 2. The zero-order valence-electron chi connectivity index (χ0n) is 11.9. The first-order valence-corrected chi connectivity index (χ1v) is 7.95. The van der Waals surface area contributed by atoms with Crippen LogP contribution in [0.5, 0.6) is 0 Å². The number of hydrogen-bond donors (Lipinski definition) is 2. The summed E-state index contributed by atoms with van der Waals surface area (Å²) >= 11 is 2.18. The molecule has 1 amide bonds. The van der Waals surface area contributed by atoms with E-state index in [0.717, 1.165) is 9.13 Å². The number of anilines is 1. The third kappa shape index (κ3) is 4.92. The molecule has 2 N–H and O–H groups in total. The topological polar surface area (TPSA) is 66.4 Å². The fraction of sp³-hybridized carbons (Fsp3) is 0.176. The molecule has 4 nitrogen and oxygen atoms in total. The number of Topliss-reactive ketones (excluding diaryl/α,β-unsaturated/α-hetero) is 1. The number of rotatable bonds is 6. The third-order valence-corrected chi connectivity index (χ3v) is 3.86. The van der Waals surface area contributed by atoms with Crippen molar-refractivity contribution in [3.63, 3.8) is 0 Å². The number of aliphatic hydroxyl groups excluding tert-OH is 1. The van der Waals surface area contributed by atoms with Crippen LogP contribution in [0.15, 0.2) is 48.5 Å². The Morgan fingerprint density at radius 3 is 2.45 bits per heavy atom. The molecule has 0 aromatic heterocycles. The van der Waals surface area contributed by atoms with Crippen molar-refractivity contribution < 1.29 is 14.7 Å². The van der Waals surface area contributed by atoms with Crippen LogP contribution in [0.1, 0.15) is 28.8 Å². The van der Waals surface area contributed by atoms with Crippen LogP contribution in [0.2, 0.25) is 0 Å². The lowest BCUT2D eigenvalue weighted by Crippen LogP contribution is -2.13. The summed E-state index contributed by atoms with van der Waals surface area (Å²) < 4.78 is 1.07. The van der Waals surface area contributed by atoms with Gasteiger partial charge in [0.2, 0.25) is 5.91 Å². The Morgan fingerprint density at radius 1 is 1.05 bits per heavy atom. The largest absolute Gasteiger partial charge is 0.392 e. The highest BCUT2D eigenvalue weighted by Gasteiger charge is 2.09. The van der Waals surface area contributed by atoms with Crippen LogP contribution in [-0.4, -0.2) is 16.8 Å². The lowest BCUT2D eigenvalue weighted by Gasteiger charge is -2.06. The first-order chi connectivity index (χ1) is 10.6. The van der Waals surface area contributed by atoms with Gasteiger partial charge in [0.25, 0.3) is 0 Å². The van der Waals surface area contributed by atoms with Crippen molar-refractivity contribution in [3.8, 4) is 0 Å². The number of aliphatic hydroxyl groups is 1. The maximum absolute atomic E-state index is 12.0. The highest BCUT2D eigenvalue weighted by atomic mass is 127. The van der Waals surface area contributed by atoms with E-state index in [4.69, 9.17) is 5.11 Å². The van der Waals surface area contributed by atoms with E-state index < -0.39 is 0 Å². The monoisotopic (exact) mass is 409 g/mol. The van der Waals surface area contributed by atoms with Gasteiger partial charge in [-0.1, -0.05) is 24.3 Å². The Morgan fingerprint density at radius 2 is 1.77 bits per heavy atom. The normalized spacial score (nSPS) is 10.3. The number of carbonyl (C=O) groups is 2. The number of amides is 1. The van der Waals surface area contributed by atoms with Gasteiger partial charge < -0.3 is 10.4 Å². The second kappa shape index (κ2) is 8.05. The van der Waals surface area contributed by atoms with E-state index in [1.807, 2.05) is 12.1 Å². The fourth-order valence-electron chi connectivity index (χ4n) is 1.98. The van der Waals surface area contributed by atoms with Gasteiger partial charge in [-0.05, 0) is 52.4 Å². The highest BCUT2D eigenvalue weighted by Crippen LogP contribution is 2.13. The van der Waals surface area contributed by atoms with Crippen LogP contribution in [0, 0.1) is 3.57 Å². The molecule has 0 saturated carbocycles. The summed E-state index contributed by atoms with van der Waals surface area (Å²) in [5.74, 6) is -0.260. The van der Waals surface area contributed by atoms with Gasteiger partial charge in [0.05, 0.1) is 6.61 Å². The third-order valence-electron chi connectivity index (χ3n) is 3.14. The van der Waals surface area contributed by atoms with Gasteiger partial charge in [-0.25, -0.2) is 0 Å². The van der Waals surface area contributed by atoms with Crippen LogP contribution in [-0.2, 0) is 11.4 Å². The Balaban J connectivity index is 1.87. The van der Waals surface area contributed by atoms with E-state index in [9.17, 15) is 9.59 Å². The summed E-state index contributed by atoms with van der Waals surface area (Å²) in [6.45, 7) is -0.0744. The first-order valence-electron chi connectivity index (χ1n) is 6.87. The molecule has 5 heteroatoms. The Bertz CT molecular complexity index is 668. The van der Waals surface area contributed by atoms with Crippen molar-refractivity contribution in [2.24, 2.45) is 0 Å². The molecule has 0 atom stereocenters. The molecule has 0 aliphatic rings. The minimum atomic E-state index is -0.214. The van der Waals surface area contributed by atoms with Crippen molar-refractivity contribution in [1.82, 2.24) is 0 Å². The van der Waals surface area contributed by atoms with Crippen molar-refractivity contribution in [3.05, 3.63) is 63.2 Å². The van der Waals surface area contributed by atoms with Gasteiger partial charge in [-0.2, -0.15) is 0 Å². The van der Waals surface area contributed by atoms with Gasteiger partial charge >= 0.3 is 0 Å². The molecule has 0 fully saturated rings. The van der Waals surface area contributed by atoms with E-state index in [0.29, 0.717) is 11.3 Å². The quantitative estimate of drug-likeness (QED) is 0.568. The molecule has 0 heterocycles. The van der Waals surface area contributed by atoms with E-state index in [-0.39, 0.29) is 31.1 Å². The number of hydrogen-bond acceptors (Lipinski definition) is 3. The molecule has 0 unspecified atom stereocenters. The van der Waals surface area contributed by atoms with Crippen LogP contribution >= 0.6 is 22.6 Å². The standard InChI is InChI=1S/C17H16INO3/c18-14-6-4-13(5-7-14)16(21)8-9-17(22)19-15-3-1-2-12(10-15)11-20/h1-7,10,20H,8-9,11H2,(H,19,22). The molecule has 0 saturated heterocycles. The Labute approximate surface area is 142 Å². The summed E-state index contributed by atoms with van der Waals surface area (Å²) in [6, 6.07) is 14.3. The SMILES string of the molecule is O=C(CCC(=O)c1ccc(I)cc1)Nc1cccc(CO)c1.